The molecule has 21 heavy (non-hydrogen) atoms. The van der Waals surface area contributed by atoms with Crippen LogP contribution in [0.1, 0.15) is 5.56 Å². The van der Waals surface area contributed by atoms with Gasteiger partial charge in [-0.2, -0.15) is 13.2 Å². The van der Waals surface area contributed by atoms with Crippen molar-refractivity contribution in [3.63, 3.8) is 0 Å². The van der Waals surface area contributed by atoms with E-state index in [0.29, 0.717) is 11.3 Å². The molecule has 0 radical (unpaired) electrons. The highest BCUT2D eigenvalue weighted by Crippen LogP contribution is 2.24. The van der Waals surface area contributed by atoms with Crippen LogP contribution in [0, 0.1) is 6.92 Å². The average Bonchev–Trinajstić information content (AvgIpc) is 2.36. The van der Waals surface area contributed by atoms with Gasteiger partial charge in [0.25, 0.3) is 0 Å². The molecule has 1 atom stereocenters. The minimum atomic E-state index is -4.40. The quantitative estimate of drug-likeness (QED) is 0.841. The summed E-state index contributed by atoms with van der Waals surface area (Å²) in [7, 11) is 1.42. The summed E-state index contributed by atoms with van der Waals surface area (Å²) in [5.41, 5.74) is 6.44. The molecule has 1 unspecified atom stereocenters. The predicted molar refractivity (Wildman–Crippen MR) is 71.2 cm³/mol. The minimum Gasteiger partial charge on any atom is -0.484 e. The maximum absolute atomic E-state index is 12.1. The van der Waals surface area contributed by atoms with Gasteiger partial charge in [-0.25, -0.2) is 0 Å². The van der Waals surface area contributed by atoms with Crippen molar-refractivity contribution in [2.45, 2.75) is 19.1 Å². The van der Waals surface area contributed by atoms with E-state index in [-0.39, 0.29) is 12.4 Å². The van der Waals surface area contributed by atoms with Crippen molar-refractivity contribution < 1.29 is 27.4 Å². The fourth-order valence-electron chi connectivity index (χ4n) is 1.54. The number of hydrogen-bond donors (Lipinski definition) is 2. The summed E-state index contributed by atoms with van der Waals surface area (Å²) in [5, 5.41) is 2.55. The molecule has 1 rings (SSSR count). The Morgan fingerprint density at radius 1 is 1.43 bits per heavy atom. The Bertz CT molecular complexity index is 492. The molecule has 0 aliphatic heterocycles. The largest absolute Gasteiger partial charge is 0.484 e. The minimum absolute atomic E-state index is 0.0671. The number of nitrogens with one attached hydrogen (secondary N) is 1. The van der Waals surface area contributed by atoms with Crippen LogP contribution >= 0.6 is 0 Å². The Balaban J connectivity index is 2.67. The topological polar surface area (TPSA) is 73.6 Å². The highest BCUT2D eigenvalue weighted by Gasteiger charge is 2.28. The van der Waals surface area contributed by atoms with Crippen molar-refractivity contribution in [1.82, 2.24) is 0 Å². The summed E-state index contributed by atoms with van der Waals surface area (Å²) in [4.78, 5) is 11.7. The fourth-order valence-corrected chi connectivity index (χ4v) is 1.54. The molecule has 5 nitrogen and oxygen atoms in total. The molecule has 0 bridgehead atoms. The van der Waals surface area contributed by atoms with Crippen LogP contribution < -0.4 is 15.8 Å². The van der Waals surface area contributed by atoms with Crippen molar-refractivity contribution in [1.29, 1.82) is 0 Å². The first-order chi connectivity index (χ1) is 9.73. The lowest BCUT2D eigenvalue weighted by Crippen LogP contribution is -2.39. The zero-order chi connectivity index (χ0) is 16.0. The molecule has 0 saturated carbocycles. The van der Waals surface area contributed by atoms with Crippen molar-refractivity contribution in [3.8, 4) is 5.75 Å². The molecular weight excluding hydrogens is 289 g/mol. The number of carbonyl (C=O) groups is 1. The number of halogens is 3. The number of carbonyl (C=O) groups excluding carboxylic acids is 1. The number of anilines is 1. The van der Waals surface area contributed by atoms with Crippen LogP contribution in [-0.4, -0.2) is 38.4 Å². The summed E-state index contributed by atoms with van der Waals surface area (Å²) < 4.78 is 45.7. The van der Waals surface area contributed by atoms with E-state index in [2.05, 4.69) is 10.1 Å². The van der Waals surface area contributed by atoms with E-state index in [4.69, 9.17) is 10.5 Å². The third-order valence-electron chi connectivity index (χ3n) is 2.52. The molecule has 1 amide bonds. The van der Waals surface area contributed by atoms with Crippen molar-refractivity contribution in [2.24, 2.45) is 5.73 Å². The van der Waals surface area contributed by atoms with Gasteiger partial charge >= 0.3 is 6.18 Å². The zero-order valence-corrected chi connectivity index (χ0v) is 11.7. The number of rotatable bonds is 6. The van der Waals surface area contributed by atoms with Crippen LogP contribution in [-0.2, 0) is 9.53 Å². The van der Waals surface area contributed by atoms with Crippen LogP contribution in [0.4, 0.5) is 18.9 Å². The van der Waals surface area contributed by atoms with E-state index in [1.54, 1.807) is 6.92 Å². The molecular formula is C13H17F3N2O3. The van der Waals surface area contributed by atoms with E-state index < -0.39 is 24.7 Å². The Hall–Kier alpha value is -1.80. The first-order valence-electron chi connectivity index (χ1n) is 6.08. The molecule has 0 spiro atoms. The number of ether oxygens (including phenoxy) is 2. The van der Waals surface area contributed by atoms with Gasteiger partial charge in [0.15, 0.2) is 6.61 Å². The van der Waals surface area contributed by atoms with E-state index in [1.165, 1.54) is 25.3 Å². The molecule has 0 aliphatic rings. The number of nitrogens with two attached hydrogens (primary N) is 1. The van der Waals surface area contributed by atoms with Gasteiger partial charge in [-0.3, -0.25) is 4.79 Å². The monoisotopic (exact) mass is 306 g/mol. The molecule has 0 saturated heterocycles. The van der Waals surface area contributed by atoms with Crippen molar-refractivity contribution >= 4 is 11.6 Å². The second-order valence-electron chi connectivity index (χ2n) is 4.44. The van der Waals surface area contributed by atoms with Crippen LogP contribution in [0.25, 0.3) is 0 Å². The SMILES string of the molecule is COCC(N)C(=O)Nc1ccc(OCC(F)(F)F)c(C)c1. The van der Waals surface area contributed by atoms with Crippen LogP contribution in [0.2, 0.25) is 0 Å². The van der Waals surface area contributed by atoms with Gasteiger partial charge in [-0.05, 0) is 30.7 Å². The van der Waals surface area contributed by atoms with Gasteiger partial charge in [0.1, 0.15) is 11.8 Å². The van der Waals surface area contributed by atoms with Gasteiger partial charge in [0.2, 0.25) is 5.91 Å². The number of hydrogen-bond acceptors (Lipinski definition) is 4. The van der Waals surface area contributed by atoms with Crippen LogP contribution in [0.5, 0.6) is 5.75 Å². The molecule has 8 heteroatoms. The van der Waals surface area contributed by atoms with E-state index in [1.807, 2.05) is 0 Å². The third-order valence-corrected chi connectivity index (χ3v) is 2.52. The standard InChI is InChI=1S/C13H17F3N2O3/c1-8-5-9(18-12(19)10(17)6-20-2)3-4-11(8)21-7-13(14,15)16/h3-5,10H,6-7,17H2,1-2H3,(H,18,19). The summed E-state index contributed by atoms with van der Waals surface area (Å²) in [6.45, 7) is 0.284. The Labute approximate surface area is 120 Å². The summed E-state index contributed by atoms with van der Waals surface area (Å²) in [6, 6.07) is 3.48. The number of amides is 1. The van der Waals surface area contributed by atoms with Gasteiger partial charge in [0.05, 0.1) is 6.61 Å². The van der Waals surface area contributed by atoms with Gasteiger partial charge in [-0.15, -0.1) is 0 Å². The maximum Gasteiger partial charge on any atom is 0.422 e. The van der Waals surface area contributed by atoms with Gasteiger partial charge in [0, 0.05) is 12.8 Å². The van der Waals surface area contributed by atoms with Crippen LogP contribution in [0.3, 0.4) is 0 Å². The maximum atomic E-state index is 12.1. The van der Waals surface area contributed by atoms with Crippen molar-refractivity contribution in [2.75, 3.05) is 25.6 Å². The summed E-state index contributed by atoms with van der Waals surface area (Å²) >= 11 is 0. The number of alkyl halides is 3. The summed E-state index contributed by atoms with van der Waals surface area (Å²) in [6.07, 6.45) is -4.40. The number of benzene rings is 1. The summed E-state index contributed by atoms with van der Waals surface area (Å²) in [5.74, 6) is -0.341. The molecule has 0 fully saturated rings. The normalized spacial score (nSPS) is 12.9. The highest BCUT2D eigenvalue weighted by atomic mass is 19.4. The van der Waals surface area contributed by atoms with E-state index in [0.717, 1.165) is 0 Å². The Morgan fingerprint density at radius 3 is 2.62 bits per heavy atom. The average molecular weight is 306 g/mol. The first kappa shape index (κ1) is 17.3. The van der Waals surface area contributed by atoms with Crippen molar-refractivity contribution in [3.05, 3.63) is 23.8 Å². The molecule has 118 valence electrons. The highest BCUT2D eigenvalue weighted by molar-refractivity contribution is 5.94. The number of aryl methyl sites for hydroxylation is 1. The molecule has 0 heterocycles. The molecule has 0 aliphatic carbocycles. The number of methoxy groups -OCH3 is 1. The fraction of sp³-hybridized carbons (Fsp3) is 0.462. The van der Waals surface area contributed by atoms with Gasteiger partial charge in [-0.1, -0.05) is 0 Å². The second kappa shape index (κ2) is 7.28. The van der Waals surface area contributed by atoms with E-state index in [9.17, 15) is 18.0 Å². The lowest BCUT2D eigenvalue weighted by Gasteiger charge is -2.14. The molecule has 3 N–H and O–H groups in total. The molecule has 0 aromatic heterocycles. The third kappa shape index (κ3) is 6.01. The lowest BCUT2D eigenvalue weighted by molar-refractivity contribution is -0.153. The van der Waals surface area contributed by atoms with Gasteiger partial charge < -0.3 is 20.5 Å². The smallest absolute Gasteiger partial charge is 0.422 e. The molecule has 1 aromatic carbocycles. The van der Waals surface area contributed by atoms with E-state index >= 15 is 0 Å². The zero-order valence-electron chi connectivity index (χ0n) is 11.7. The molecule has 1 aromatic rings. The predicted octanol–water partition coefficient (Wildman–Crippen LogP) is 1.85. The Morgan fingerprint density at radius 2 is 2.10 bits per heavy atom. The lowest BCUT2D eigenvalue weighted by atomic mass is 10.2. The first-order valence-corrected chi connectivity index (χ1v) is 6.08. The Kier molecular flexibility index (Phi) is 5.98. The van der Waals surface area contributed by atoms with Crippen LogP contribution in [0.15, 0.2) is 18.2 Å². The second-order valence-corrected chi connectivity index (χ2v) is 4.44.